The highest BCUT2D eigenvalue weighted by Gasteiger charge is 2.21. The molecule has 0 radical (unpaired) electrons. The quantitative estimate of drug-likeness (QED) is 0.594. The standard InChI is InChI=1S/C22H24N2O3/c1-5-11-24(12-6-2)15(3)22(25)23-18-14-20-17(13-21(18)26-4)16-9-7-8-10-19(16)27-20/h5-10,13-15H,1-2,11-12H2,3-4H3,(H,23,25)/t15-/m1/s1. The highest BCUT2D eigenvalue weighted by Crippen LogP contribution is 2.36. The first kappa shape index (κ1) is 18.7. The van der Waals surface area contributed by atoms with Gasteiger partial charge in [-0.05, 0) is 19.1 Å². The second kappa shape index (κ2) is 8.10. The molecule has 0 unspecified atom stereocenters. The molecule has 1 heterocycles. The smallest absolute Gasteiger partial charge is 0.241 e. The van der Waals surface area contributed by atoms with Crippen LogP contribution in [-0.2, 0) is 4.79 Å². The predicted octanol–water partition coefficient (Wildman–Crippen LogP) is 4.60. The summed E-state index contributed by atoms with van der Waals surface area (Å²) in [5.41, 5.74) is 2.08. The van der Waals surface area contributed by atoms with Crippen LogP contribution in [0.4, 0.5) is 5.69 Å². The van der Waals surface area contributed by atoms with Crippen molar-refractivity contribution in [3.05, 3.63) is 61.7 Å². The van der Waals surface area contributed by atoms with Gasteiger partial charge in [0.15, 0.2) is 0 Å². The molecule has 0 fully saturated rings. The number of para-hydroxylation sites is 1. The Kier molecular flexibility index (Phi) is 5.62. The number of methoxy groups -OCH3 is 1. The van der Waals surface area contributed by atoms with Crippen molar-refractivity contribution in [2.24, 2.45) is 0 Å². The Bertz CT molecular complexity index is 980. The van der Waals surface area contributed by atoms with E-state index in [1.54, 1.807) is 19.3 Å². The summed E-state index contributed by atoms with van der Waals surface area (Å²) in [5.74, 6) is 0.459. The summed E-state index contributed by atoms with van der Waals surface area (Å²) in [6, 6.07) is 11.2. The van der Waals surface area contributed by atoms with Gasteiger partial charge in [-0.1, -0.05) is 30.4 Å². The molecule has 27 heavy (non-hydrogen) atoms. The normalized spacial score (nSPS) is 12.3. The van der Waals surface area contributed by atoms with Crippen molar-refractivity contribution < 1.29 is 13.9 Å². The number of carbonyl (C=O) groups excluding carboxylic acids is 1. The van der Waals surface area contributed by atoms with Crippen molar-refractivity contribution in [1.29, 1.82) is 0 Å². The molecule has 0 aliphatic carbocycles. The van der Waals surface area contributed by atoms with Crippen LogP contribution in [0.1, 0.15) is 6.92 Å². The molecule has 3 aromatic rings. The Balaban J connectivity index is 1.93. The van der Waals surface area contributed by atoms with Gasteiger partial charge in [0.1, 0.15) is 16.9 Å². The van der Waals surface area contributed by atoms with Crippen LogP contribution in [-0.4, -0.2) is 37.0 Å². The highest BCUT2D eigenvalue weighted by molar-refractivity contribution is 6.08. The van der Waals surface area contributed by atoms with Gasteiger partial charge in [0.05, 0.1) is 18.8 Å². The zero-order valence-electron chi connectivity index (χ0n) is 15.7. The molecule has 0 aliphatic heterocycles. The minimum absolute atomic E-state index is 0.132. The Morgan fingerprint density at radius 1 is 1.19 bits per heavy atom. The second-order valence-corrected chi connectivity index (χ2v) is 6.34. The topological polar surface area (TPSA) is 54.7 Å². The number of hydrogen-bond donors (Lipinski definition) is 1. The Morgan fingerprint density at radius 2 is 1.89 bits per heavy atom. The van der Waals surface area contributed by atoms with E-state index in [0.717, 1.165) is 16.4 Å². The number of fused-ring (bicyclic) bond motifs is 3. The lowest BCUT2D eigenvalue weighted by molar-refractivity contribution is -0.120. The van der Waals surface area contributed by atoms with Gasteiger partial charge >= 0.3 is 0 Å². The van der Waals surface area contributed by atoms with Crippen LogP contribution in [0.2, 0.25) is 0 Å². The summed E-state index contributed by atoms with van der Waals surface area (Å²) < 4.78 is 11.4. The number of nitrogens with zero attached hydrogens (tertiary/aromatic N) is 1. The van der Waals surface area contributed by atoms with E-state index in [0.29, 0.717) is 30.1 Å². The fraction of sp³-hybridized carbons (Fsp3) is 0.227. The van der Waals surface area contributed by atoms with E-state index in [4.69, 9.17) is 9.15 Å². The number of ether oxygens (including phenoxy) is 1. The van der Waals surface area contributed by atoms with Crippen molar-refractivity contribution in [3.63, 3.8) is 0 Å². The molecule has 0 saturated carbocycles. The first-order chi connectivity index (χ1) is 13.1. The fourth-order valence-electron chi connectivity index (χ4n) is 3.14. The number of rotatable bonds is 8. The second-order valence-electron chi connectivity index (χ2n) is 6.34. The van der Waals surface area contributed by atoms with Crippen LogP contribution >= 0.6 is 0 Å². The van der Waals surface area contributed by atoms with Crippen LogP contribution < -0.4 is 10.1 Å². The number of benzene rings is 2. The average Bonchev–Trinajstić information content (AvgIpc) is 3.03. The highest BCUT2D eigenvalue weighted by atomic mass is 16.5. The van der Waals surface area contributed by atoms with Gasteiger partial charge in [0.2, 0.25) is 5.91 Å². The van der Waals surface area contributed by atoms with Gasteiger partial charge < -0.3 is 14.5 Å². The molecular formula is C22H24N2O3. The zero-order chi connectivity index (χ0) is 19.4. The number of furan rings is 1. The molecule has 1 N–H and O–H groups in total. The van der Waals surface area contributed by atoms with E-state index in [1.807, 2.05) is 48.2 Å². The zero-order valence-corrected chi connectivity index (χ0v) is 15.7. The summed E-state index contributed by atoms with van der Waals surface area (Å²) in [4.78, 5) is 14.7. The summed E-state index contributed by atoms with van der Waals surface area (Å²) in [7, 11) is 1.59. The van der Waals surface area contributed by atoms with Crippen LogP contribution in [0.15, 0.2) is 66.1 Å². The average molecular weight is 364 g/mol. The van der Waals surface area contributed by atoms with E-state index in [9.17, 15) is 4.79 Å². The maximum Gasteiger partial charge on any atom is 0.241 e. The molecule has 1 amide bonds. The maximum atomic E-state index is 12.8. The molecule has 1 aromatic heterocycles. The van der Waals surface area contributed by atoms with Crippen LogP contribution in [0.3, 0.4) is 0 Å². The molecule has 140 valence electrons. The van der Waals surface area contributed by atoms with Crippen LogP contribution in [0.5, 0.6) is 5.75 Å². The molecule has 0 saturated heterocycles. The number of amides is 1. The molecule has 5 heteroatoms. The molecule has 0 spiro atoms. The third-order valence-corrected chi connectivity index (χ3v) is 4.61. The molecular weight excluding hydrogens is 340 g/mol. The first-order valence-electron chi connectivity index (χ1n) is 8.85. The molecule has 5 nitrogen and oxygen atoms in total. The van der Waals surface area contributed by atoms with Crippen molar-refractivity contribution >= 4 is 33.5 Å². The predicted molar refractivity (Wildman–Crippen MR) is 110 cm³/mol. The van der Waals surface area contributed by atoms with E-state index >= 15 is 0 Å². The fourth-order valence-corrected chi connectivity index (χ4v) is 3.14. The lowest BCUT2D eigenvalue weighted by atomic mass is 10.1. The molecule has 0 aliphatic rings. The van der Waals surface area contributed by atoms with Crippen molar-refractivity contribution in [1.82, 2.24) is 4.90 Å². The van der Waals surface area contributed by atoms with Gasteiger partial charge in [-0.3, -0.25) is 9.69 Å². The first-order valence-corrected chi connectivity index (χ1v) is 8.85. The Hall–Kier alpha value is -3.05. The van der Waals surface area contributed by atoms with Gasteiger partial charge in [-0.15, -0.1) is 13.2 Å². The summed E-state index contributed by atoms with van der Waals surface area (Å²) >= 11 is 0. The number of anilines is 1. The largest absolute Gasteiger partial charge is 0.495 e. The van der Waals surface area contributed by atoms with Gasteiger partial charge in [-0.25, -0.2) is 0 Å². The van der Waals surface area contributed by atoms with E-state index in [-0.39, 0.29) is 11.9 Å². The maximum absolute atomic E-state index is 12.8. The number of carbonyl (C=O) groups is 1. The van der Waals surface area contributed by atoms with Crippen molar-refractivity contribution in [2.75, 3.05) is 25.5 Å². The van der Waals surface area contributed by atoms with E-state index < -0.39 is 0 Å². The lowest BCUT2D eigenvalue weighted by Crippen LogP contribution is -2.42. The van der Waals surface area contributed by atoms with Crippen LogP contribution in [0.25, 0.3) is 21.9 Å². The minimum atomic E-state index is -0.350. The number of nitrogens with one attached hydrogen (secondary N) is 1. The lowest BCUT2D eigenvalue weighted by Gasteiger charge is -2.26. The van der Waals surface area contributed by atoms with Crippen LogP contribution in [0, 0.1) is 0 Å². The van der Waals surface area contributed by atoms with Gasteiger partial charge in [-0.2, -0.15) is 0 Å². The molecule has 1 atom stereocenters. The summed E-state index contributed by atoms with van der Waals surface area (Å²) in [5, 5.41) is 4.93. The summed E-state index contributed by atoms with van der Waals surface area (Å²) in [6.45, 7) is 10.6. The Morgan fingerprint density at radius 3 is 2.56 bits per heavy atom. The minimum Gasteiger partial charge on any atom is -0.495 e. The third kappa shape index (κ3) is 3.73. The SMILES string of the molecule is C=CCN(CC=C)[C@H](C)C(=O)Nc1cc2oc3ccccc3c2cc1OC. The van der Waals surface area contributed by atoms with E-state index in [2.05, 4.69) is 18.5 Å². The van der Waals surface area contributed by atoms with Crippen molar-refractivity contribution in [2.45, 2.75) is 13.0 Å². The summed E-state index contributed by atoms with van der Waals surface area (Å²) in [6.07, 6.45) is 3.54. The third-order valence-electron chi connectivity index (χ3n) is 4.61. The molecule has 2 aromatic carbocycles. The monoisotopic (exact) mass is 364 g/mol. The van der Waals surface area contributed by atoms with Gasteiger partial charge in [0.25, 0.3) is 0 Å². The van der Waals surface area contributed by atoms with Gasteiger partial charge in [0, 0.05) is 29.9 Å². The molecule has 3 rings (SSSR count). The van der Waals surface area contributed by atoms with Crippen molar-refractivity contribution in [3.8, 4) is 5.75 Å². The molecule has 0 bridgehead atoms. The number of hydrogen-bond acceptors (Lipinski definition) is 4. The van der Waals surface area contributed by atoms with E-state index in [1.165, 1.54) is 0 Å². The Labute approximate surface area is 158 Å².